The lowest BCUT2D eigenvalue weighted by Crippen LogP contribution is -2.36. The molecule has 186 valence electrons. The summed E-state index contributed by atoms with van der Waals surface area (Å²) in [6.45, 7) is 2.98. The lowest BCUT2D eigenvalue weighted by molar-refractivity contribution is 0.102. The van der Waals surface area contributed by atoms with Crippen LogP contribution in [0.5, 0.6) is 0 Å². The van der Waals surface area contributed by atoms with Gasteiger partial charge in [-0.15, -0.1) is 23.1 Å². The summed E-state index contributed by atoms with van der Waals surface area (Å²) in [5, 5.41) is 18.6. The zero-order chi connectivity index (χ0) is 25.6. The summed E-state index contributed by atoms with van der Waals surface area (Å²) in [5.74, 6) is -0.233. The van der Waals surface area contributed by atoms with E-state index in [9.17, 15) is 4.79 Å². The van der Waals surface area contributed by atoms with Crippen molar-refractivity contribution in [3.63, 3.8) is 0 Å². The van der Waals surface area contributed by atoms with E-state index in [1.807, 2.05) is 29.8 Å². The minimum atomic E-state index is -0.233. The molecule has 0 unspecified atom stereocenters. The van der Waals surface area contributed by atoms with Gasteiger partial charge in [-0.05, 0) is 60.9 Å². The van der Waals surface area contributed by atoms with Gasteiger partial charge in [0.2, 0.25) is 0 Å². The number of anilines is 4. The number of ether oxygens (including phenoxy) is 1. The first-order valence-electron chi connectivity index (χ1n) is 11.6. The number of morpholine rings is 1. The molecule has 0 atom stereocenters. The number of hydrogen-bond acceptors (Lipinski definition) is 9. The summed E-state index contributed by atoms with van der Waals surface area (Å²) < 4.78 is 5.54. The molecule has 2 N–H and O–H groups in total. The van der Waals surface area contributed by atoms with Gasteiger partial charge in [0.25, 0.3) is 5.91 Å². The van der Waals surface area contributed by atoms with E-state index in [4.69, 9.17) is 15.0 Å². The highest BCUT2D eigenvalue weighted by Gasteiger charge is 2.17. The van der Waals surface area contributed by atoms with Crippen LogP contribution < -0.4 is 15.5 Å². The highest BCUT2D eigenvalue weighted by molar-refractivity contribution is 7.98. The first-order chi connectivity index (χ1) is 18.1. The van der Waals surface area contributed by atoms with Crippen LogP contribution in [0.15, 0.2) is 71.2 Å². The number of nitrogens with one attached hydrogen (secondary N) is 2. The quantitative estimate of drug-likeness (QED) is 0.298. The number of aromatic nitrogens is 2. The van der Waals surface area contributed by atoms with Crippen molar-refractivity contribution >= 4 is 51.2 Å². The van der Waals surface area contributed by atoms with Crippen LogP contribution in [0.1, 0.15) is 15.9 Å². The fourth-order valence-corrected chi connectivity index (χ4v) is 5.25. The van der Waals surface area contributed by atoms with Gasteiger partial charge < -0.3 is 15.0 Å². The molecule has 1 aliphatic heterocycles. The number of hydrogen-bond donors (Lipinski definition) is 2. The number of nitriles is 1. The monoisotopic (exact) mass is 528 g/mol. The lowest BCUT2D eigenvalue weighted by atomic mass is 10.1. The molecule has 0 radical (unpaired) electrons. The molecule has 0 aliphatic carbocycles. The van der Waals surface area contributed by atoms with E-state index in [0.29, 0.717) is 34.5 Å². The van der Waals surface area contributed by atoms with Crippen molar-refractivity contribution < 1.29 is 9.53 Å². The SMILES string of the molecule is CSc1ncccc1C(=O)Nc1nc(-c2cc(Nc3ccc(C#N)cc3)cc(N3CCOCC3)c2)cs1. The maximum Gasteiger partial charge on any atom is 0.260 e. The largest absolute Gasteiger partial charge is 0.378 e. The summed E-state index contributed by atoms with van der Waals surface area (Å²) in [7, 11) is 0. The number of thiazole rings is 1. The zero-order valence-electron chi connectivity index (χ0n) is 20.1. The van der Waals surface area contributed by atoms with Crippen molar-refractivity contribution in [2.24, 2.45) is 0 Å². The number of carbonyl (C=O) groups is 1. The molecule has 0 saturated carbocycles. The highest BCUT2D eigenvalue weighted by atomic mass is 32.2. The standard InChI is InChI=1S/C27H24N6O2S2/c1-36-26-23(3-2-8-29-26)25(34)32-27-31-24(17-37-27)19-13-21(30-20-6-4-18(16-28)5-7-20)15-22(14-19)33-9-11-35-12-10-33/h2-8,13-15,17,30H,9-12H2,1H3,(H,31,32,34). The average Bonchev–Trinajstić information content (AvgIpc) is 3.42. The van der Waals surface area contributed by atoms with Crippen molar-refractivity contribution in [2.75, 3.05) is 48.1 Å². The Labute approximate surface area is 223 Å². The van der Waals surface area contributed by atoms with E-state index in [1.165, 1.54) is 23.1 Å². The average molecular weight is 529 g/mol. The number of rotatable bonds is 7. The van der Waals surface area contributed by atoms with E-state index < -0.39 is 0 Å². The molecule has 1 fully saturated rings. The molecular weight excluding hydrogens is 504 g/mol. The molecule has 0 bridgehead atoms. The summed E-state index contributed by atoms with van der Waals surface area (Å²) >= 11 is 2.81. The maximum atomic E-state index is 12.9. The molecule has 1 amide bonds. The third kappa shape index (κ3) is 5.91. The summed E-state index contributed by atoms with van der Waals surface area (Å²) in [4.78, 5) is 24.1. The van der Waals surface area contributed by atoms with Crippen molar-refractivity contribution in [1.82, 2.24) is 9.97 Å². The van der Waals surface area contributed by atoms with Crippen LogP contribution in [0.3, 0.4) is 0 Å². The highest BCUT2D eigenvalue weighted by Crippen LogP contribution is 2.33. The van der Waals surface area contributed by atoms with Crippen LogP contribution >= 0.6 is 23.1 Å². The van der Waals surface area contributed by atoms with Gasteiger partial charge in [0.05, 0.1) is 36.1 Å². The second kappa shape index (κ2) is 11.4. The van der Waals surface area contributed by atoms with E-state index in [-0.39, 0.29) is 5.91 Å². The second-order valence-electron chi connectivity index (χ2n) is 8.23. The van der Waals surface area contributed by atoms with Crippen LogP contribution in [0, 0.1) is 11.3 Å². The minimum Gasteiger partial charge on any atom is -0.378 e. The van der Waals surface area contributed by atoms with Crippen molar-refractivity contribution in [3.05, 3.63) is 77.3 Å². The maximum absolute atomic E-state index is 12.9. The van der Waals surface area contributed by atoms with Gasteiger partial charge in [0.15, 0.2) is 5.13 Å². The van der Waals surface area contributed by atoms with E-state index >= 15 is 0 Å². The lowest BCUT2D eigenvalue weighted by Gasteiger charge is -2.29. The van der Waals surface area contributed by atoms with Gasteiger partial charge in [-0.2, -0.15) is 5.26 Å². The van der Waals surface area contributed by atoms with Crippen LogP contribution in [-0.2, 0) is 4.74 Å². The van der Waals surface area contributed by atoms with Crippen LogP contribution in [0.2, 0.25) is 0 Å². The van der Waals surface area contributed by atoms with E-state index in [0.717, 1.165) is 41.4 Å². The molecule has 1 aliphatic rings. The Hall–Kier alpha value is -3.91. The molecule has 37 heavy (non-hydrogen) atoms. The Morgan fingerprint density at radius 1 is 1.14 bits per heavy atom. The Bertz CT molecular complexity index is 1440. The molecule has 1 saturated heterocycles. The third-order valence-corrected chi connectivity index (χ3v) is 7.30. The van der Waals surface area contributed by atoms with Crippen LogP contribution in [0.4, 0.5) is 22.2 Å². The number of nitrogens with zero attached hydrogens (tertiary/aromatic N) is 4. The topological polar surface area (TPSA) is 103 Å². The van der Waals surface area contributed by atoms with Gasteiger partial charge >= 0.3 is 0 Å². The molecule has 5 rings (SSSR count). The molecule has 2 aromatic heterocycles. The van der Waals surface area contributed by atoms with Crippen LogP contribution in [0.25, 0.3) is 11.3 Å². The molecule has 10 heteroatoms. The van der Waals surface area contributed by atoms with Crippen molar-refractivity contribution in [1.29, 1.82) is 5.26 Å². The molecule has 3 heterocycles. The Balaban J connectivity index is 1.42. The van der Waals surface area contributed by atoms with Crippen molar-refractivity contribution in [3.8, 4) is 17.3 Å². The fourth-order valence-electron chi connectivity index (χ4n) is 3.98. The summed E-state index contributed by atoms with van der Waals surface area (Å²) in [5.41, 5.74) is 5.70. The second-order valence-corrected chi connectivity index (χ2v) is 9.89. The third-order valence-electron chi connectivity index (χ3n) is 5.83. The van der Waals surface area contributed by atoms with Crippen LogP contribution in [-0.4, -0.2) is 48.4 Å². The van der Waals surface area contributed by atoms with Gasteiger partial charge in [-0.3, -0.25) is 10.1 Å². The normalized spacial score (nSPS) is 13.1. The summed E-state index contributed by atoms with van der Waals surface area (Å²) in [6, 6.07) is 19.3. The molecule has 4 aromatic rings. The number of pyridine rings is 1. The van der Waals surface area contributed by atoms with E-state index in [1.54, 1.807) is 30.5 Å². The van der Waals surface area contributed by atoms with Crippen molar-refractivity contribution in [2.45, 2.75) is 5.03 Å². The smallest absolute Gasteiger partial charge is 0.260 e. The molecular formula is C27H24N6O2S2. The minimum absolute atomic E-state index is 0.233. The molecule has 8 nitrogen and oxygen atoms in total. The summed E-state index contributed by atoms with van der Waals surface area (Å²) in [6.07, 6.45) is 3.57. The Morgan fingerprint density at radius 2 is 1.95 bits per heavy atom. The fraction of sp³-hybridized carbons (Fsp3) is 0.185. The van der Waals surface area contributed by atoms with Gasteiger partial charge in [0.1, 0.15) is 5.03 Å². The first-order valence-corrected chi connectivity index (χ1v) is 13.7. The van der Waals surface area contributed by atoms with Gasteiger partial charge in [-0.1, -0.05) is 0 Å². The number of amides is 1. The Kier molecular flexibility index (Phi) is 7.65. The van der Waals surface area contributed by atoms with E-state index in [2.05, 4.69) is 38.7 Å². The predicted molar refractivity (Wildman–Crippen MR) is 149 cm³/mol. The number of thioether (sulfide) groups is 1. The molecule has 2 aromatic carbocycles. The number of benzene rings is 2. The van der Waals surface area contributed by atoms with Gasteiger partial charge in [-0.25, -0.2) is 9.97 Å². The Morgan fingerprint density at radius 3 is 2.70 bits per heavy atom. The number of carbonyl (C=O) groups excluding carboxylic acids is 1. The predicted octanol–water partition coefficient (Wildman–Crippen LogP) is 5.63. The first kappa shape index (κ1) is 24.8. The zero-order valence-corrected chi connectivity index (χ0v) is 21.7. The van der Waals surface area contributed by atoms with Gasteiger partial charge in [0, 0.05) is 47.3 Å². The molecule has 0 spiro atoms.